The van der Waals surface area contributed by atoms with E-state index < -0.39 is 27.8 Å². The molecule has 0 amide bonds. The molecule has 0 aromatic heterocycles. The molecule has 90 valence electrons. The van der Waals surface area contributed by atoms with Crippen molar-refractivity contribution in [3.63, 3.8) is 0 Å². The van der Waals surface area contributed by atoms with Crippen LogP contribution in [-0.4, -0.2) is 24.0 Å². The van der Waals surface area contributed by atoms with Crippen LogP contribution in [0.15, 0.2) is 0 Å². The first kappa shape index (κ1) is 14.1. The molecule has 8 heteroatoms. The zero-order valence-corrected chi connectivity index (χ0v) is 14.2. The van der Waals surface area contributed by atoms with Crippen molar-refractivity contribution in [3.05, 3.63) is 0 Å². The molecule has 0 bridgehead atoms. The summed E-state index contributed by atoms with van der Waals surface area (Å²) in [6, 6.07) is 0. The third-order valence-corrected chi connectivity index (χ3v) is 64.8. The van der Waals surface area contributed by atoms with Crippen molar-refractivity contribution in [2.45, 2.75) is 38.2 Å². The van der Waals surface area contributed by atoms with E-state index in [1.54, 1.807) is 0 Å². The first-order valence-electron chi connectivity index (χ1n) is 4.36. The van der Waals surface area contributed by atoms with Crippen LogP contribution in [0.25, 0.3) is 0 Å². The molecule has 3 N–H and O–H groups in total. The van der Waals surface area contributed by atoms with E-state index in [-0.39, 0.29) is 10.5 Å². The van der Waals surface area contributed by atoms with Gasteiger partial charge in [0, 0.05) is 0 Å². The van der Waals surface area contributed by atoms with Crippen LogP contribution in [0.1, 0.15) is 27.7 Å². The maximum absolute atomic E-state index is 10.2. The molecule has 1 rings (SSSR count). The van der Waals surface area contributed by atoms with Gasteiger partial charge in [-0.2, -0.15) is 0 Å². The summed E-state index contributed by atoms with van der Waals surface area (Å²) in [5, 5.41) is 0.312. The molecule has 0 spiro atoms. The van der Waals surface area contributed by atoms with Crippen molar-refractivity contribution >= 4 is 32.8 Å². The fourth-order valence-electron chi connectivity index (χ4n) is 2.14. The van der Waals surface area contributed by atoms with Crippen molar-refractivity contribution in [1.82, 2.24) is 0 Å². The summed E-state index contributed by atoms with van der Waals surface area (Å²) in [6.07, 6.45) is 0. The minimum atomic E-state index is -3.84. The second kappa shape index (κ2) is 3.29. The predicted molar refractivity (Wildman–Crippen MR) is 69.4 cm³/mol. The fourth-order valence-corrected chi connectivity index (χ4v) is 68.5. The summed E-state index contributed by atoms with van der Waals surface area (Å²) >= 11 is 2.80. The van der Waals surface area contributed by atoms with E-state index in [0.717, 1.165) is 0 Å². The summed E-state index contributed by atoms with van der Waals surface area (Å²) in [7, 11) is 1.25. The average Bonchev–Trinajstić information content (AvgIpc) is 2.44. The zero-order chi connectivity index (χ0) is 11.5. The Morgan fingerprint density at radius 3 is 1.50 bits per heavy atom. The van der Waals surface area contributed by atoms with Gasteiger partial charge in [0.25, 0.3) is 0 Å². The maximum atomic E-state index is 10.2. The van der Waals surface area contributed by atoms with Crippen LogP contribution < -0.4 is 0 Å². The quantitative estimate of drug-likeness (QED) is 0.176. The van der Waals surface area contributed by atoms with Gasteiger partial charge in [0.2, 0.25) is 0 Å². The van der Waals surface area contributed by atoms with E-state index >= 15 is 0 Å². The van der Waals surface area contributed by atoms with Crippen molar-refractivity contribution in [2.75, 3.05) is 0 Å². The Kier molecular flexibility index (Phi) is 3.32. The Bertz CT molecular complexity index is 267. The molecule has 1 aliphatic rings. The Labute approximate surface area is 102 Å². The molecule has 0 unspecified atom stereocenters. The van der Waals surface area contributed by atoms with Crippen LogP contribution >= 0.6 is 32.8 Å². The zero-order valence-electron chi connectivity index (χ0n) is 8.65. The van der Waals surface area contributed by atoms with Gasteiger partial charge in [-0.25, -0.2) is 0 Å². The van der Waals surface area contributed by atoms with Crippen LogP contribution in [-0.2, 0) is 17.7 Å². The Balaban J connectivity index is 3.35. The second-order valence-corrected chi connectivity index (χ2v) is 38.4. The third kappa shape index (κ3) is 1.23. The molecule has 3 nitrogen and oxygen atoms in total. The van der Waals surface area contributed by atoms with Crippen LogP contribution in [0, 0.1) is 0 Å². The molecule has 0 atom stereocenters. The monoisotopic (exact) mass is 364 g/mol. The topological polar surface area (TPSA) is 60.7 Å². The van der Waals surface area contributed by atoms with Crippen LogP contribution in [0.3, 0.4) is 0 Å². The van der Waals surface area contributed by atoms with Crippen LogP contribution in [0.4, 0.5) is 0 Å². The van der Waals surface area contributed by atoms with Gasteiger partial charge in [-0.1, -0.05) is 0 Å². The predicted octanol–water partition coefficient (Wildman–Crippen LogP) is 2.49. The van der Waals surface area contributed by atoms with E-state index in [4.69, 9.17) is 0 Å². The number of hydrogen-bond donors (Lipinski definition) is 5. The summed E-state index contributed by atoms with van der Waals surface area (Å²) in [5.41, 5.74) is -2.76. The normalized spacial score (nSPS) is 36.7. The first-order valence-corrected chi connectivity index (χ1v) is 16.3. The Morgan fingerprint density at radius 1 is 1.21 bits per heavy atom. The molecule has 1 aliphatic heterocycles. The number of rotatable bonds is 3. The molecule has 1 heterocycles. The van der Waals surface area contributed by atoms with Crippen molar-refractivity contribution < 1.29 is 31.2 Å². The summed E-state index contributed by atoms with van der Waals surface area (Å²) in [6.45, 7) is 7.96. The summed E-state index contributed by atoms with van der Waals surface area (Å²) in [5.74, 6) is 0. The van der Waals surface area contributed by atoms with Gasteiger partial charge in [0.05, 0.1) is 0 Å². The molecule has 1 fully saturated rings. The van der Waals surface area contributed by atoms with Gasteiger partial charge >= 0.3 is 102 Å². The average molecular weight is 362 g/mol. The molecule has 14 heavy (non-hydrogen) atoms. The van der Waals surface area contributed by atoms with E-state index in [9.17, 15) is 13.5 Å². The molecule has 0 radical (unpaired) electrons. The molecule has 0 saturated carbocycles. The Morgan fingerprint density at radius 2 is 1.50 bits per heavy atom. The molecule has 0 aromatic carbocycles. The Hall–Kier alpha value is 2.05. The van der Waals surface area contributed by atoms with E-state index in [0.29, 0.717) is 0 Å². The second-order valence-electron chi connectivity index (χ2n) is 4.25. The van der Waals surface area contributed by atoms with Gasteiger partial charge in [-0.15, -0.1) is 0 Å². The third-order valence-electron chi connectivity index (χ3n) is 3.04. The van der Waals surface area contributed by atoms with Gasteiger partial charge in [0.15, 0.2) is 0 Å². The van der Waals surface area contributed by atoms with Crippen molar-refractivity contribution in [1.29, 1.82) is 0 Å². The molecule has 1 saturated heterocycles. The number of thiol groups is 2. The number of hydrogen-bond acceptors (Lipinski definition) is 5. The minimum absolute atomic E-state index is 0.156. The van der Waals surface area contributed by atoms with Gasteiger partial charge in [-0.05, 0) is 0 Å². The SMILES string of the molecule is CC(C)[SH]1([Mo][OH])(C(C)C)SP1(O)(O)S. The molecule has 0 aliphatic carbocycles. The van der Waals surface area contributed by atoms with E-state index in [2.05, 4.69) is 12.2 Å². The summed E-state index contributed by atoms with van der Waals surface area (Å²) < 4.78 is 5.94. The molecular formula is C6H19MoO3PS3. The summed E-state index contributed by atoms with van der Waals surface area (Å²) in [4.78, 5) is 20.5. The van der Waals surface area contributed by atoms with Crippen molar-refractivity contribution in [2.24, 2.45) is 0 Å². The van der Waals surface area contributed by atoms with Crippen molar-refractivity contribution in [3.8, 4) is 0 Å². The molecule has 0 aromatic rings. The van der Waals surface area contributed by atoms with Crippen LogP contribution in [0.5, 0.6) is 0 Å². The fraction of sp³-hybridized carbons (Fsp3) is 1.00. The van der Waals surface area contributed by atoms with E-state index in [1.165, 1.54) is 10.4 Å². The van der Waals surface area contributed by atoms with Gasteiger partial charge in [-0.3, -0.25) is 0 Å². The first-order chi connectivity index (χ1) is 6.02. The van der Waals surface area contributed by atoms with Crippen LogP contribution in [0.2, 0.25) is 0 Å². The van der Waals surface area contributed by atoms with Gasteiger partial charge in [0.1, 0.15) is 0 Å². The molecular weight excluding hydrogens is 343 g/mol. The standard InChI is InChI=1S/C6H18O2PS3.Mo.H2O/c1-5(2)12(6(3)4)9(7,8,10)11-12;;/h5-8,10,12H,1-4H3;;1H2/q;+1;/p-1. The van der Waals surface area contributed by atoms with E-state index in [1.807, 2.05) is 27.7 Å². The van der Waals surface area contributed by atoms with Gasteiger partial charge < -0.3 is 0 Å².